The molecule has 1 aliphatic heterocycles. The predicted molar refractivity (Wildman–Crippen MR) is 104 cm³/mol. The molecule has 3 aliphatic rings. The van der Waals surface area contributed by atoms with Crippen LogP contribution in [-0.2, 0) is 14.3 Å². The van der Waals surface area contributed by atoms with Gasteiger partial charge in [0, 0.05) is 23.3 Å². The fourth-order valence-electron chi connectivity index (χ4n) is 5.66. The molecule has 28 heavy (non-hydrogen) atoms. The average molecular weight is 384 g/mol. The highest BCUT2D eigenvalue weighted by molar-refractivity contribution is 5.91. The maximum Gasteiger partial charge on any atom is 0.338 e. The van der Waals surface area contributed by atoms with Crippen molar-refractivity contribution >= 4 is 11.9 Å². The van der Waals surface area contributed by atoms with Gasteiger partial charge < -0.3 is 14.2 Å². The molecule has 0 N–H and O–H groups in total. The highest BCUT2D eigenvalue weighted by Crippen LogP contribution is 2.58. The molecule has 2 saturated carbocycles. The van der Waals surface area contributed by atoms with Crippen molar-refractivity contribution in [3.05, 3.63) is 42.0 Å². The smallest absolute Gasteiger partial charge is 0.338 e. The number of carbonyl (C=O) groups is 2. The van der Waals surface area contributed by atoms with Crippen LogP contribution in [0.2, 0.25) is 0 Å². The minimum absolute atomic E-state index is 0.0980. The third kappa shape index (κ3) is 3.01. The van der Waals surface area contributed by atoms with Crippen molar-refractivity contribution in [2.24, 2.45) is 23.2 Å². The highest BCUT2D eigenvalue weighted by Gasteiger charge is 2.58. The third-order valence-corrected chi connectivity index (χ3v) is 7.25. The number of rotatable bonds is 3. The molecular weight excluding hydrogens is 356 g/mol. The molecule has 4 rings (SSSR count). The molecule has 0 radical (unpaired) electrons. The minimum atomic E-state index is -0.334. The zero-order valence-corrected chi connectivity index (χ0v) is 16.8. The summed E-state index contributed by atoms with van der Waals surface area (Å²) in [6, 6.07) is 7.02. The monoisotopic (exact) mass is 384 g/mol. The Kier molecular flexibility index (Phi) is 4.72. The van der Waals surface area contributed by atoms with Crippen molar-refractivity contribution in [3.8, 4) is 5.75 Å². The van der Waals surface area contributed by atoms with E-state index in [1.165, 1.54) is 0 Å². The number of methoxy groups -OCH3 is 1. The summed E-state index contributed by atoms with van der Waals surface area (Å²) in [5, 5.41) is 0. The number of benzene rings is 1. The zero-order valence-electron chi connectivity index (χ0n) is 16.8. The van der Waals surface area contributed by atoms with Crippen LogP contribution in [0.15, 0.2) is 36.4 Å². The Labute approximate surface area is 166 Å². The second kappa shape index (κ2) is 6.94. The summed E-state index contributed by atoms with van der Waals surface area (Å²) in [4.78, 5) is 24.8. The molecule has 1 saturated heterocycles. The lowest BCUT2D eigenvalue weighted by Crippen LogP contribution is -2.53. The standard InChI is InChI=1S/C23H28O5/c1-13-17-8-10-23(3)11-9-18(14(2)19(23)20(17)28-21(13)24)27-22(25)15-6-5-7-16(12-15)26-4/h5-7,12,14,17-20H,1,8-11H2,2-4H3/t14-,17-,18-,19?,20-,23-/m0/s1. The summed E-state index contributed by atoms with van der Waals surface area (Å²) in [5.41, 5.74) is 1.20. The van der Waals surface area contributed by atoms with Crippen LogP contribution in [0, 0.1) is 23.2 Å². The van der Waals surface area contributed by atoms with Crippen LogP contribution in [0.4, 0.5) is 0 Å². The van der Waals surface area contributed by atoms with Gasteiger partial charge in [0.2, 0.25) is 0 Å². The number of fused-ring (bicyclic) bond motifs is 3. The maximum atomic E-state index is 12.7. The predicted octanol–water partition coefficient (Wildman–Crippen LogP) is 4.16. The normalized spacial score (nSPS) is 36.9. The first-order valence-corrected chi connectivity index (χ1v) is 10.1. The number of carbonyl (C=O) groups excluding carboxylic acids is 2. The molecule has 0 bridgehead atoms. The van der Waals surface area contributed by atoms with Crippen LogP contribution in [-0.4, -0.2) is 31.3 Å². The Bertz CT molecular complexity index is 815. The van der Waals surface area contributed by atoms with Gasteiger partial charge in [-0.05, 0) is 49.3 Å². The summed E-state index contributed by atoms with van der Waals surface area (Å²) < 4.78 is 16.9. The van der Waals surface area contributed by atoms with Crippen molar-refractivity contribution in [1.29, 1.82) is 0 Å². The molecule has 3 fully saturated rings. The number of ether oxygens (including phenoxy) is 3. The molecule has 6 atom stereocenters. The van der Waals surface area contributed by atoms with Crippen LogP contribution in [0.1, 0.15) is 49.9 Å². The second-order valence-corrected chi connectivity index (χ2v) is 8.79. The van der Waals surface area contributed by atoms with Gasteiger partial charge in [-0.3, -0.25) is 0 Å². The van der Waals surface area contributed by atoms with E-state index >= 15 is 0 Å². The molecule has 1 heterocycles. The summed E-state index contributed by atoms with van der Waals surface area (Å²) in [6.45, 7) is 8.38. The molecule has 0 aromatic heterocycles. The van der Waals surface area contributed by atoms with Crippen LogP contribution < -0.4 is 4.74 Å². The van der Waals surface area contributed by atoms with E-state index in [4.69, 9.17) is 14.2 Å². The van der Waals surface area contributed by atoms with E-state index < -0.39 is 0 Å². The zero-order chi connectivity index (χ0) is 20.1. The van der Waals surface area contributed by atoms with Gasteiger partial charge in [0.1, 0.15) is 18.0 Å². The highest BCUT2D eigenvalue weighted by atomic mass is 16.6. The SMILES string of the molecule is C=C1C(=O)O[C@@H]2C3[C@@H](C)[C@@H](OC(=O)c4cccc(OC)c4)CC[C@]3(C)CC[C@@H]12. The summed E-state index contributed by atoms with van der Waals surface area (Å²) in [6.07, 6.45) is 3.45. The van der Waals surface area contributed by atoms with E-state index in [1.54, 1.807) is 31.4 Å². The van der Waals surface area contributed by atoms with Crippen molar-refractivity contribution in [2.75, 3.05) is 7.11 Å². The molecule has 1 aromatic carbocycles. The topological polar surface area (TPSA) is 61.8 Å². The van der Waals surface area contributed by atoms with Gasteiger partial charge in [0.25, 0.3) is 0 Å². The lowest BCUT2D eigenvalue weighted by atomic mass is 9.53. The third-order valence-electron chi connectivity index (χ3n) is 7.25. The van der Waals surface area contributed by atoms with E-state index in [0.29, 0.717) is 16.9 Å². The van der Waals surface area contributed by atoms with Gasteiger partial charge in [-0.25, -0.2) is 9.59 Å². The van der Waals surface area contributed by atoms with E-state index in [-0.39, 0.29) is 47.3 Å². The van der Waals surface area contributed by atoms with E-state index in [0.717, 1.165) is 25.7 Å². The van der Waals surface area contributed by atoms with Gasteiger partial charge in [-0.1, -0.05) is 26.5 Å². The van der Waals surface area contributed by atoms with E-state index in [9.17, 15) is 9.59 Å². The Morgan fingerprint density at radius 2 is 2.04 bits per heavy atom. The fourth-order valence-corrected chi connectivity index (χ4v) is 5.66. The van der Waals surface area contributed by atoms with E-state index in [2.05, 4.69) is 20.4 Å². The lowest BCUT2D eigenvalue weighted by molar-refractivity contribution is -0.159. The first-order valence-electron chi connectivity index (χ1n) is 10.1. The molecule has 150 valence electrons. The van der Waals surface area contributed by atoms with Crippen LogP contribution >= 0.6 is 0 Å². The van der Waals surface area contributed by atoms with Crippen molar-refractivity contribution < 1.29 is 23.8 Å². The van der Waals surface area contributed by atoms with E-state index in [1.807, 2.05) is 0 Å². The lowest BCUT2D eigenvalue weighted by Gasteiger charge is -2.54. The second-order valence-electron chi connectivity index (χ2n) is 8.79. The molecule has 5 nitrogen and oxygen atoms in total. The molecule has 5 heteroatoms. The number of esters is 2. The van der Waals surface area contributed by atoms with Gasteiger partial charge >= 0.3 is 11.9 Å². The van der Waals surface area contributed by atoms with Gasteiger partial charge in [-0.15, -0.1) is 0 Å². The Morgan fingerprint density at radius 3 is 2.79 bits per heavy atom. The van der Waals surface area contributed by atoms with Crippen molar-refractivity contribution in [3.63, 3.8) is 0 Å². The van der Waals surface area contributed by atoms with Gasteiger partial charge in [0.05, 0.1) is 12.7 Å². The number of hydrogen-bond acceptors (Lipinski definition) is 5. The maximum absolute atomic E-state index is 12.7. The average Bonchev–Trinajstić information content (AvgIpc) is 2.97. The van der Waals surface area contributed by atoms with Gasteiger partial charge in [-0.2, -0.15) is 0 Å². The van der Waals surface area contributed by atoms with Gasteiger partial charge in [0.15, 0.2) is 0 Å². The molecule has 2 aliphatic carbocycles. The molecular formula is C23H28O5. The molecule has 1 unspecified atom stereocenters. The quantitative estimate of drug-likeness (QED) is 0.578. The minimum Gasteiger partial charge on any atom is -0.497 e. The molecule has 1 aromatic rings. The largest absolute Gasteiger partial charge is 0.497 e. The summed E-state index contributed by atoms with van der Waals surface area (Å²) in [7, 11) is 1.57. The molecule has 0 amide bonds. The Hall–Kier alpha value is -2.30. The molecule has 0 spiro atoms. The summed E-state index contributed by atoms with van der Waals surface area (Å²) >= 11 is 0. The first-order chi connectivity index (χ1) is 13.3. The van der Waals surface area contributed by atoms with Crippen molar-refractivity contribution in [1.82, 2.24) is 0 Å². The van der Waals surface area contributed by atoms with Crippen molar-refractivity contribution in [2.45, 2.75) is 51.7 Å². The van der Waals surface area contributed by atoms with Crippen LogP contribution in [0.3, 0.4) is 0 Å². The fraction of sp³-hybridized carbons (Fsp3) is 0.565. The Morgan fingerprint density at radius 1 is 1.29 bits per heavy atom. The summed E-state index contributed by atoms with van der Waals surface area (Å²) in [5.74, 6) is 0.415. The first kappa shape index (κ1) is 19.0. The Balaban J connectivity index is 1.54. The number of hydrogen-bond donors (Lipinski definition) is 0. The van der Waals surface area contributed by atoms with Crippen LogP contribution in [0.5, 0.6) is 5.75 Å². The van der Waals surface area contributed by atoms with Crippen LogP contribution in [0.25, 0.3) is 0 Å².